The first kappa shape index (κ1) is 10.8. The molecule has 1 N–H and O–H groups in total. The molecule has 82 valence electrons. The lowest BCUT2D eigenvalue weighted by Crippen LogP contribution is -2.49. The largest absolute Gasteiger partial charge is 0.368 e. The molecule has 1 aromatic carbocycles. The summed E-state index contributed by atoms with van der Waals surface area (Å²) in [6.07, 6.45) is 0. The fourth-order valence-corrected chi connectivity index (χ4v) is 2.35. The molecule has 0 bridgehead atoms. The SMILES string of the molecule is Cc1cc(Cl)ccc1N1CCNC(C)C1. The summed E-state index contributed by atoms with van der Waals surface area (Å²) >= 11 is 5.95. The van der Waals surface area contributed by atoms with Crippen molar-refractivity contribution in [1.29, 1.82) is 0 Å². The number of rotatable bonds is 1. The van der Waals surface area contributed by atoms with Crippen LogP contribution in [0.4, 0.5) is 5.69 Å². The molecule has 0 spiro atoms. The van der Waals surface area contributed by atoms with E-state index in [-0.39, 0.29) is 0 Å². The zero-order chi connectivity index (χ0) is 10.8. The second-order valence-electron chi connectivity index (χ2n) is 4.23. The maximum atomic E-state index is 5.95. The number of nitrogens with zero attached hydrogens (tertiary/aromatic N) is 1. The standard InChI is InChI=1S/C12H17ClN2/c1-9-7-11(13)3-4-12(9)15-6-5-14-10(2)8-15/h3-4,7,10,14H,5-6,8H2,1-2H3. The highest BCUT2D eigenvalue weighted by atomic mass is 35.5. The van der Waals surface area contributed by atoms with E-state index < -0.39 is 0 Å². The van der Waals surface area contributed by atoms with Crippen LogP contribution in [0.1, 0.15) is 12.5 Å². The molecule has 1 atom stereocenters. The Morgan fingerprint density at radius 3 is 2.93 bits per heavy atom. The zero-order valence-corrected chi connectivity index (χ0v) is 10.0. The summed E-state index contributed by atoms with van der Waals surface area (Å²) in [5.74, 6) is 0. The van der Waals surface area contributed by atoms with Gasteiger partial charge in [-0.25, -0.2) is 0 Å². The highest BCUT2D eigenvalue weighted by molar-refractivity contribution is 6.30. The molecule has 0 amide bonds. The molecule has 1 fully saturated rings. The van der Waals surface area contributed by atoms with E-state index in [0.29, 0.717) is 6.04 Å². The summed E-state index contributed by atoms with van der Waals surface area (Å²) in [7, 11) is 0. The Labute approximate surface area is 96.2 Å². The van der Waals surface area contributed by atoms with Gasteiger partial charge in [-0.15, -0.1) is 0 Å². The van der Waals surface area contributed by atoms with Gasteiger partial charge in [-0.2, -0.15) is 0 Å². The topological polar surface area (TPSA) is 15.3 Å². The van der Waals surface area contributed by atoms with E-state index in [0.717, 1.165) is 24.7 Å². The summed E-state index contributed by atoms with van der Waals surface area (Å²) in [4.78, 5) is 2.42. The van der Waals surface area contributed by atoms with Crippen molar-refractivity contribution in [2.45, 2.75) is 19.9 Å². The first-order valence-corrected chi connectivity index (χ1v) is 5.79. The van der Waals surface area contributed by atoms with Crippen molar-refractivity contribution in [3.63, 3.8) is 0 Å². The Balaban J connectivity index is 2.21. The average molecular weight is 225 g/mol. The number of aryl methyl sites for hydroxylation is 1. The molecule has 2 rings (SSSR count). The number of halogens is 1. The van der Waals surface area contributed by atoms with E-state index in [1.54, 1.807) is 0 Å². The first-order valence-electron chi connectivity index (χ1n) is 5.41. The van der Waals surface area contributed by atoms with Gasteiger partial charge in [0.25, 0.3) is 0 Å². The second-order valence-corrected chi connectivity index (χ2v) is 4.67. The predicted molar refractivity (Wildman–Crippen MR) is 65.9 cm³/mol. The minimum absolute atomic E-state index is 0.564. The number of hydrogen-bond donors (Lipinski definition) is 1. The third kappa shape index (κ3) is 2.44. The fourth-order valence-electron chi connectivity index (χ4n) is 2.12. The highest BCUT2D eigenvalue weighted by Crippen LogP contribution is 2.24. The molecule has 1 saturated heterocycles. The molecule has 3 heteroatoms. The van der Waals surface area contributed by atoms with E-state index in [1.165, 1.54) is 11.3 Å². The van der Waals surface area contributed by atoms with Crippen LogP contribution in [0.3, 0.4) is 0 Å². The molecule has 0 aromatic heterocycles. The van der Waals surface area contributed by atoms with Crippen molar-refractivity contribution in [1.82, 2.24) is 5.32 Å². The average Bonchev–Trinajstić information content (AvgIpc) is 2.17. The molecule has 0 aliphatic carbocycles. The first-order chi connectivity index (χ1) is 7.16. The monoisotopic (exact) mass is 224 g/mol. The van der Waals surface area contributed by atoms with Crippen molar-refractivity contribution in [3.8, 4) is 0 Å². The van der Waals surface area contributed by atoms with Crippen molar-refractivity contribution in [3.05, 3.63) is 28.8 Å². The van der Waals surface area contributed by atoms with Gasteiger partial charge in [0, 0.05) is 36.4 Å². The van der Waals surface area contributed by atoms with Crippen LogP contribution in [0.5, 0.6) is 0 Å². The molecule has 1 unspecified atom stereocenters. The Bertz CT molecular complexity index is 351. The molecule has 1 aromatic rings. The quantitative estimate of drug-likeness (QED) is 0.789. The van der Waals surface area contributed by atoms with Gasteiger partial charge in [-0.1, -0.05) is 11.6 Å². The Morgan fingerprint density at radius 1 is 1.47 bits per heavy atom. The summed E-state index contributed by atoms with van der Waals surface area (Å²) in [6, 6.07) is 6.68. The van der Waals surface area contributed by atoms with Gasteiger partial charge in [0.05, 0.1) is 0 Å². The van der Waals surface area contributed by atoms with E-state index >= 15 is 0 Å². The molecule has 0 saturated carbocycles. The van der Waals surface area contributed by atoms with Gasteiger partial charge in [0.2, 0.25) is 0 Å². The van der Waals surface area contributed by atoms with Crippen molar-refractivity contribution in [2.75, 3.05) is 24.5 Å². The Morgan fingerprint density at radius 2 is 2.27 bits per heavy atom. The number of piperazine rings is 1. The number of anilines is 1. The number of hydrogen-bond acceptors (Lipinski definition) is 2. The summed E-state index contributed by atoms with van der Waals surface area (Å²) in [5.41, 5.74) is 2.57. The predicted octanol–water partition coefficient (Wildman–Crippen LogP) is 2.45. The molecular weight excluding hydrogens is 208 g/mol. The highest BCUT2D eigenvalue weighted by Gasteiger charge is 2.16. The van der Waals surface area contributed by atoms with Crippen LogP contribution in [0, 0.1) is 6.92 Å². The molecule has 2 nitrogen and oxygen atoms in total. The number of nitrogens with one attached hydrogen (secondary N) is 1. The van der Waals surface area contributed by atoms with Crippen LogP contribution in [0.2, 0.25) is 5.02 Å². The van der Waals surface area contributed by atoms with E-state index in [4.69, 9.17) is 11.6 Å². The maximum Gasteiger partial charge on any atom is 0.0410 e. The van der Waals surface area contributed by atoms with E-state index in [2.05, 4.69) is 30.1 Å². The molecule has 1 aliphatic rings. The minimum Gasteiger partial charge on any atom is -0.368 e. The normalized spacial score (nSPS) is 21.8. The molecule has 0 radical (unpaired) electrons. The van der Waals surface area contributed by atoms with Gasteiger partial charge in [-0.3, -0.25) is 0 Å². The molecule has 1 heterocycles. The van der Waals surface area contributed by atoms with Crippen LogP contribution in [0.15, 0.2) is 18.2 Å². The maximum absolute atomic E-state index is 5.95. The molecular formula is C12H17ClN2. The van der Waals surface area contributed by atoms with Gasteiger partial charge < -0.3 is 10.2 Å². The Hall–Kier alpha value is -0.730. The van der Waals surface area contributed by atoms with Gasteiger partial charge >= 0.3 is 0 Å². The zero-order valence-electron chi connectivity index (χ0n) is 9.26. The van der Waals surface area contributed by atoms with Crippen molar-refractivity contribution in [2.24, 2.45) is 0 Å². The van der Waals surface area contributed by atoms with Crippen LogP contribution in [-0.2, 0) is 0 Å². The van der Waals surface area contributed by atoms with Crippen LogP contribution in [-0.4, -0.2) is 25.7 Å². The minimum atomic E-state index is 0.564. The second kappa shape index (κ2) is 4.42. The lowest BCUT2D eigenvalue weighted by molar-refractivity contribution is 0.484. The summed E-state index contributed by atoms with van der Waals surface area (Å²) < 4.78 is 0. The van der Waals surface area contributed by atoms with Crippen LogP contribution < -0.4 is 10.2 Å². The third-order valence-electron chi connectivity index (χ3n) is 2.87. The molecule has 15 heavy (non-hydrogen) atoms. The lowest BCUT2D eigenvalue weighted by Gasteiger charge is -2.34. The van der Waals surface area contributed by atoms with Gasteiger partial charge in [0.1, 0.15) is 0 Å². The van der Waals surface area contributed by atoms with E-state index in [9.17, 15) is 0 Å². The van der Waals surface area contributed by atoms with Gasteiger partial charge in [-0.05, 0) is 37.6 Å². The fraction of sp³-hybridized carbons (Fsp3) is 0.500. The van der Waals surface area contributed by atoms with Crippen LogP contribution in [0.25, 0.3) is 0 Å². The lowest BCUT2D eigenvalue weighted by atomic mass is 10.1. The van der Waals surface area contributed by atoms with Crippen molar-refractivity contribution < 1.29 is 0 Å². The molecule has 1 aliphatic heterocycles. The smallest absolute Gasteiger partial charge is 0.0410 e. The van der Waals surface area contributed by atoms with Crippen LogP contribution >= 0.6 is 11.6 Å². The summed E-state index contributed by atoms with van der Waals surface area (Å²) in [6.45, 7) is 7.55. The number of benzene rings is 1. The summed E-state index contributed by atoms with van der Waals surface area (Å²) in [5, 5.41) is 4.26. The Kier molecular flexibility index (Phi) is 3.17. The van der Waals surface area contributed by atoms with Gasteiger partial charge in [0.15, 0.2) is 0 Å². The van der Waals surface area contributed by atoms with Crippen molar-refractivity contribution >= 4 is 17.3 Å². The van der Waals surface area contributed by atoms with E-state index in [1.807, 2.05) is 12.1 Å². The third-order valence-corrected chi connectivity index (χ3v) is 3.10.